The molecule has 1 aromatic carbocycles. The molecule has 1 aliphatic heterocycles. The van der Waals surface area contributed by atoms with Crippen LogP contribution in [0.4, 0.5) is 0 Å². The van der Waals surface area contributed by atoms with E-state index in [-0.39, 0.29) is 11.8 Å². The highest BCUT2D eigenvalue weighted by atomic mass is 32.1. The highest BCUT2D eigenvalue weighted by Crippen LogP contribution is 2.23. The van der Waals surface area contributed by atoms with Crippen LogP contribution >= 0.6 is 11.3 Å². The zero-order chi connectivity index (χ0) is 16.8. The number of carbonyl (C=O) groups is 1. The van der Waals surface area contributed by atoms with E-state index in [9.17, 15) is 9.90 Å². The quantitative estimate of drug-likeness (QED) is 0.874. The molecule has 0 spiro atoms. The SMILES string of the molecule is O=C(C1CCOCC1)N(Cc1ccccc1)CC(O)c1ccsc1. The molecular formula is C19H23NO3S. The summed E-state index contributed by atoms with van der Waals surface area (Å²) in [6.45, 7) is 2.13. The van der Waals surface area contributed by atoms with Gasteiger partial charge >= 0.3 is 0 Å². The third kappa shape index (κ3) is 4.44. The number of aliphatic hydroxyl groups is 1. The van der Waals surface area contributed by atoms with E-state index in [1.54, 1.807) is 16.2 Å². The molecular weight excluding hydrogens is 322 g/mol. The highest BCUT2D eigenvalue weighted by molar-refractivity contribution is 7.07. The molecule has 128 valence electrons. The van der Waals surface area contributed by atoms with Crippen molar-refractivity contribution in [3.8, 4) is 0 Å². The van der Waals surface area contributed by atoms with E-state index >= 15 is 0 Å². The van der Waals surface area contributed by atoms with E-state index in [2.05, 4.69) is 0 Å². The Bertz CT molecular complexity index is 623. The van der Waals surface area contributed by atoms with Crippen molar-refractivity contribution in [3.05, 3.63) is 58.3 Å². The number of nitrogens with zero attached hydrogens (tertiary/aromatic N) is 1. The normalized spacial score (nSPS) is 16.7. The summed E-state index contributed by atoms with van der Waals surface area (Å²) < 4.78 is 5.37. The van der Waals surface area contributed by atoms with Crippen molar-refractivity contribution in [2.75, 3.05) is 19.8 Å². The summed E-state index contributed by atoms with van der Waals surface area (Å²) in [5.74, 6) is 0.119. The summed E-state index contributed by atoms with van der Waals surface area (Å²) in [6.07, 6.45) is 0.876. The maximum atomic E-state index is 13.0. The standard InChI is InChI=1S/C19H23NO3S/c21-18(17-8-11-24-14-17)13-20(12-15-4-2-1-3-5-15)19(22)16-6-9-23-10-7-16/h1-5,8,11,14,16,18,21H,6-7,9-10,12-13H2. The fraction of sp³-hybridized carbons (Fsp3) is 0.421. The van der Waals surface area contributed by atoms with E-state index in [1.165, 1.54) is 0 Å². The summed E-state index contributed by atoms with van der Waals surface area (Å²) in [6, 6.07) is 11.9. The van der Waals surface area contributed by atoms with Gasteiger partial charge < -0.3 is 14.7 Å². The Morgan fingerprint density at radius 1 is 1.25 bits per heavy atom. The van der Waals surface area contributed by atoms with E-state index in [0.717, 1.165) is 24.0 Å². The van der Waals surface area contributed by atoms with Crippen molar-refractivity contribution in [1.29, 1.82) is 0 Å². The highest BCUT2D eigenvalue weighted by Gasteiger charge is 2.28. The molecule has 1 aliphatic rings. The van der Waals surface area contributed by atoms with Crippen molar-refractivity contribution in [1.82, 2.24) is 4.90 Å². The zero-order valence-electron chi connectivity index (χ0n) is 13.6. The average Bonchev–Trinajstić information content (AvgIpc) is 3.17. The minimum atomic E-state index is -0.649. The van der Waals surface area contributed by atoms with E-state index in [4.69, 9.17) is 4.74 Å². The van der Waals surface area contributed by atoms with Gasteiger partial charge in [0.2, 0.25) is 5.91 Å². The monoisotopic (exact) mass is 345 g/mol. The van der Waals surface area contributed by atoms with Crippen molar-refractivity contribution >= 4 is 17.2 Å². The summed E-state index contributed by atoms with van der Waals surface area (Å²) >= 11 is 1.56. The second kappa shape index (κ2) is 8.42. The number of aliphatic hydroxyl groups excluding tert-OH is 1. The molecule has 1 aromatic heterocycles. The Morgan fingerprint density at radius 3 is 2.67 bits per heavy atom. The van der Waals surface area contributed by atoms with Gasteiger partial charge in [0.25, 0.3) is 0 Å². The molecule has 0 aliphatic carbocycles. The molecule has 0 radical (unpaired) electrons. The molecule has 2 heterocycles. The Labute approximate surface area is 146 Å². The minimum Gasteiger partial charge on any atom is -0.387 e. The lowest BCUT2D eigenvalue weighted by Crippen LogP contribution is -2.40. The number of hydrogen-bond donors (Lipinski definition) is 1. The van der Waals surface area contributed by atoms with Gasteiger partial charge in [-0.1, -0.05) is 30.3 Å². The maximum absolute atomic E-state index is 13.0. The first-order valence-electron chi connectivity index (χ1n) is 8.34. The van der Waals surface area contributed by atoms with Crippen LogP contribution < -0.4 is 0 Å². The third-order valence-corrected chi connectivity index (χ3v) is 5.12. The first-order chi connectivity index (χ1) is 11.7. The van der Waals surface area contributed by atoms with Gasteiger partial charge in [-0.3, -0.25) is 4.79 Å². The predicted octanol–water partition coefficient (Wildman–Crippen LogP) is 3.24. The molecule has 0 bridgehead atoms. The molecule has 1 atom stereocenters. The third-order valence-electron chi connectivity index (χ3n) is 4.42. The number of amides is 1. The van der Waals surface area contributed by atoms with Crippen LogP contribution in [0.1, 0.15) is 30.1 Å². The number of hydrogen-bond acceptors (Lipinski definition) is 4. The van der Waals surface area contributed by atoms with Gasteiger partial charge in [-0.2, -0.15) is 11.3 Å². The van der Waals surface area contributed by atoms with Gasteiger partial charge in [0.05, 0.1) is 12.6 Å². The topological polar surface area (TPSA) is 49.8 Å². The molecule has 3 rings (SSSR count). The van der Waals surface area contributed by atoms with Gasteiger partial charge in [-0.15, -0.1) is 0 Å². The van der Waals surface area contributed by atoms with E-state index < -0.39 is 6.10 Å². The molecule has 1 amide bonds. The lowest BCUT2D eigenvalue weighted by Gasteiger charge is -2.31. The smallest absolute Gasteiger partial charge is 0.226 e. The fourth-order valence-corrected chi connectivity index (χ4v) is 3.72. The largest absolute Gasteiger partial charge is 0.387 e. The molecule has 1 N–H and O–H groups in total. The molecule has 5 heteroatoms. The van der Waals surface area contributed by atoms with Crippen LogP contribution in [-0.2, 0) is 16.1 Å². The zero-order valence-corrected chi connectivity index (χ0v) is 14.5. The Hall–Kier alpha value is -1.69. The van der Waals surface area contributed by atoms with E-state index in [0.29, 0.717) is 26.3 Å². The van der Waals surface area contributed by atoms with Gasteiger partial charge in [0.15, 0.2) is 0 Å². The summed E-state index contributed by atoms with van der Waals surface area (Å²) in [5.41, 5.74) is 1.95. The lowest BCUT2D eigenvalue weighted by molar-refractivity contribution is -0.140. The summed E-state index contributed by atoms with van der Waals surface area (Å²) in [7, 11) is 0. The molecule has 1 fully saturated rings. The van der Waals surface area contributed by atoms with Crippen LogP contribution in [0.15, 0.2) is 47.2 Å². The van der Waals surface area contributed by atoms with Crippen LogP contribution in [0.2, 0.25) is 0 Å². The predicted molar refractivity (Wildman–Crippen MR) is 94.7 cm³/mol. The number of rotatable bonds is 6. The fourth-order valence-electron chi connectivity index (χ4n) is 3.02. The van der Waals surface area contributed by atoms with Crippen LogP contribution in [0.25, 0.3) is 0 Å². The first kappa shape index (κ1) is 17.1. The van der Waals surface area contributed by atoms with Gasteiger partial charge in [0.1, 0.15) is 0 Å². The Kier molecular flexibility index (Phi) is 6.01. The minimum absolute atomic E-state index is 0.00265. The van der Waals surface area contributed by atoms with Crippen molar-refractivity contribution in [3.63, 3.8) is 0 Å². The van der Waals surface area contributed by atoms with Crippen LogP contribution in [0.5, 0.6) is 0 Å². The molecule has 4 nitrogen and oxygen atoms in total. The van der Waals surface area contributed by atoms with Crippen LogP contribution in [0.3, 0.4) is 0 Å². The molecule has 1 unspecified atom stereocenters. The van der Waals surface area contributed by atoms with Crippen LogP contribution in [-0.4, -0.2) is 35.7 Å². The van der Waals surface area contributed by atoms with Crippen molar-refractivity contribution < 1.29 is 14.6 Å². The Morgan fingerprint density at radius 2 is 2.00 bits per heavy atom. The second-order valence-corrected chi connectivity index (χ2v) is 6.94. The summed E-state index contributed by atoms with van der Waals surface area (Å²) in [5, 5.41) is 14.4. The number of thiophene rings is 1. The van der Waals surface area contributed by atoms with Gasteiger partial charge in [-0.05, 0) is 40.8 Å². The van der Waals surface area contributed by atoms with Gasteiger partial charge in [-0.25, -0.2) is 0 Å². The maximum Gasteiger partial charge on any atom is 0.226 e. The molecule has 24 heavy (non-hydrogen) atoms. The van der Waals surface area contributed by atoms with Gasteiger partial charge in [0, 0.05) is 25.7 Å². The lowest BCUT2D eigenvalue weighted by atomic mass is 9.98. The number of benzene rings is 1. The molecule has 2 aromatic rings. The molecule has 1 saturated heterocycles. The van der Waals surface area contributed by atoms with E-state index in [1.807, 2.05) is 47.2 Å². The first-order valence-corrected chi connectivity index (χ1v) is 9.29. The number of carbonyl (C=O) groups excluding carboxylic acids is 1. The second-order valence-electron chi connectivity index (χ2n) is 6.16. The van der Waals surface area contributed by atoms with Crippen molar-refractivity contribution in [2.24, 2.45) is 5.92 Å². The molecule has 0 saturated carbocycles. The van der Waals surface area contributed by atoms with Crippen LogP contribution in [0, 0.1) is 5.92 Å². The Balaban J connectivity index is 1.73. The number of ether oxygens (including phenoxy) is 1. The van der Waals surface area contributed by atoms with Crippen molar-refractivity contribution in [2.45, 2.75) is 25.5 Å². The average molecular weight is 345 g/mol. The summed E-state index contributed by atoms with van der Waals surface area (Å²) in [4.78, 5) is 14.8.